The molecular weight excluding hydrogens is 387 g/mol. The van der Waals surface area contributed by atoms with Gasteiger partial charge in [-0.2, -0.15) is 0 Å². The summed E-state index contributed by atoms with van der Waals surface area (Å²) in [4.78, 5) is 16.7. The third-order valence-electron chi connectivity index (χ3n) is 3.08. The molecule has 0 unspecified atom stereocenters. The molecule has 0 saturated carbocycles. The minimum Gasteiger partial charge on any atom is -0.479 e. The van der Waals surface area contributed by atoms with E-state index < -0.39 is 12.1 Å². The van der Waals surface area contributed by atoms with E-state index in [0.717, 1.165) is 0 Å². The van der Waals surface area contributed by atoms with Crippen LogP contribution < -0.4 is 10.5 Å². The predicted molar refractivity (Wildman–Crippen MR) is 99.4 cm³/mol. The Bertz CT molecular complexity index is 796. The summed E-state index contributed by atoms with van der Waals surface area (Å²) < 4.78 is 5.43. The van der Waals surface area contributed by atoms with Crippen LogP contribution in [-0.2, 0) is 16.1 Å². The fraction of sp³-hybridized carbons (Fsp3) is 0.176. The molecular formula is C17H15Cl3N2O3. The van der Waals surface area contributed by atoms with E-state index in [1.165, 1.54) is 6.92 Å². The van der Waals surface area contributed by atoms with Gasteiger partial charge in [-0.3, -0.25) is 0 Å². The Morgan fingerprint density at radius 3 is 2.56 bits per heavy atom. The maximum atomic E-state index is 11.9. The first kappa shape index (κ1) is 19.4. The zero-order valence-electron chi connectivity index (χ0n) is 13.2. The van der Waals surface area contributed by atoms with Gasteiger partial charge in [-0.1, -0.05) is 52.1 Å². The van der Waals surface area contributed by atoms with Gasteiger partial charge < -0.3 is 15.3 Å². The van der Waals surface area contributed by atoms with Crippen molar-refractivity contribution in [1.29, 1.82) is 0 Å². The van der Waals surface area contributed by atoms with Gasteiger partial charge in [0.25, 0.3) is 0 Å². The number of carbonyl (C=O) groups is 1. The van der Waals surface area contributed by atoms with Crippen LogP contribution in [0.25, 0.3) is 0 Å². The Balaban J connectivity index is 1.91. The molecule has 2 N–H and O–H groups in total. The van der Waals surface area contributed by atoms with Crippen LogP contribution in [0.4, 0.5) is 0 Å². The largest absolute Gasteiger partial charge is 0.479 e. The second-order valence-corrected chi connectivity index (χ2v) is 6.40. The van der Waals surface area contributed by atoms with Crippen molar-refractivity contribution < 1.29 is 14.4 Å². The van der Waals surface area contributed by atoms with E-state index in [1.54, 1.807) is 42.5 Å². The summed E-state index contributed by atoms with van der Waals surface area (Å²) in [5.74, 6) is -0.153. The molecule has 2 aromatic rings. The van der Waals surface area contributed by atoms with E-state index in [-0.39, 0.29) is 12.3 Å². The highest BCUT2D eigenvalue weighted by Crippen LogP contribution is 2.21. The molecule has 2 aromatic carbocycles. The van der Waals surface area contributed by atoms with Crippen LogP contribution in [0.5, 0.6) is 5.75 Å². The third kappa shape index (κ3) is 6.12. The van der Waals surface area contributed by atoms with Crippen molar-refractivity contribution in [3.05, 3.63) is 63.1 Å². The van der Waals surface area contributed by atoms with E-state index in [0.29, 0.717) is 26.4 Å². The highest BCUT2D eigenvalue weighted by atomic mass is 35.5. The van der Waals surface area contributed by atoms with Crippen LogP contribution in [0.15, 0.2) is 47.6 Å². The van der Waals surface area contributed by atoms with Crippen molar-refractivity contribution in [3.8, 4) is 5.75 Å². The summed E-state index contributed by atoms with van der Waals surface area (Å²) in [6.45, 7) is 1.53. The molecule has 0 radical (unpaired) electrons. The summed E-state index contributed by atoms with van der Waals surface area (Å²) in [6.07, 6.45) is -0.665. The zero-order valence-corrected chi connectivity index (χ0v) is 15.5. The summed E-state index contributed by atoms with van der Waals surface area (Å²) in [5.41, 5.74) is 6.47. The van der Waals surface area contributed by atoms with Crippen molar-refractivity contribution in [2.75, 3.05) is 0 Å². The molecule has 8 heteroatoms. The van der Waals surface area contributed by atoms with Crippen LogP contribution in [0.2, 0.25) is 15.1 Å². The summed E-state index contributed by atoms with van der Waals surface area (Å²) in [5, 5.41) is 5.08. The second-order valence-electron chi connectivity index (χ2n) is 5.12. The maximum Gasteiger partial charge on any atom is 0.374 e. The second kappa shape index (κ2) is 8.94. The molecule has 0 aliphatic carbocycles. The number of benzene rings is 2. The molecule has 0 saturated heterocycles. The van der Waals surface area contributed by atoms with Crippen LogP contribution in [-0.4, -0.2) is 17.9 Å². The highest BCUT2D eigenvalue weighted by Gasteiger charge is 2.17. The van der Waals surface area contributed by atoms with Gasteiger partial charge in [0.05, 0.1) is 0 Å². The fourth-order valence-electron chi connectivity index (χ4n) is 1.86. The molecule has 5 nitrogen and oxygen atoms in total. The molecule has 0 fully saturated rings. The molecule has 0 heterocycles. The van der Waals surface area contributed by atoms with E-state index >= 15 is 0 Å². The maximum absolute atomic E-state index is 11.9. The standard InChI is InChI=1S/C17H15Cl3N2O3/c1-10(24-14-4-2-3-12(18)8-14)17(23)25-22-16(21)7-11-5-6-13(19)9-15(11)20/h2-6,8-10H,7H2,1H3,(H2,21,22)/t10-/m1/s1. The van der Waals surface area contributed by atoms with Gasteiger partial charge in [0.15, 0.2) is 6.10 Å². The number of halogens is 3. The molecule has 25 heavy (non-hydrogen) atoms. The number of hydrogen-bond acceptors (Lipinski definition) is 4. The molecule has 0 amide bonds. The molecule has 0 spiro atoms. The quantitative estimate of drug-likeness (QED) is 0.335. The van der Waals surface area contributed by atoms with Crippen molar-refractivity contribution in [1.82, 2.24) is 0 Å². The topological polar surface area (TPSA) is 73.9 Å². The van der Waals surface area contributed by atoms with E-state index in [9.17, 15) is 4.79 Å². The normalized spacial score (nSPS) is 12.6. The molecule has 0 aliphatic heterocycles. The van der Waals surface area contributed by atoms with Crippen LogP contribution in [0.3, 0.4) is 0 Å². The lowest BCUT2D eigenvalue weighted by Gasteiger charge is -2.12. The van der Waals surface area contributed by atoms with Gasteiger partial charge in [0, 0.05) is 21.5 Å². The fourth-order valence-corrected chi connectivity index (χ4v) is 2.52. The smallest absolute Gasteiger partial charge is 0.374 e. The van der Waals surface area contributed by atoms with Gasteiger partial charge in [-0.25, -0.2) is 4.79 Å². The number of rotatable bonds is 6. The van der Waals surface area contributed by atoms with E-state index in [1.807, 2.05) is 0 Å². The summed E-state index contributed by atoms with van der Waals surface area (Å²) in [6, 6.07) is 11.7. The first-order valence-electron chi connectivity index (χ1n) is 7.24. The number of ether oxygens (including phenoxy) is 1. The van der Waals surface area contributed by atoms with Gasteiger partial charge in [-0.05, 0) is 42.8 Å². The van der Waals surface area contributed by atoms with Gasteiger partial charge in [-0.15, -0.1) is 0 Å². The van der Waals surface area contributed by atoms with Crippen LogP contribution in [0.1, 0.15) is 12.5 Å². The number of nitrogens with zero attached hydrogens (tertiary/aromatic N) is 1. The lowest BCUT2D eigenvalue weighted by atomic mass is 10.1. The summed E-state index contributed by atoms with van der Waals surface area (Å²) in [7, 11) is 0. The molecule has 0 aromatic heterocycles. The molecule has 0 aliphatic rings. The van der Waals surface area contributed by atoms with Crippen LogP contribution in [0, 0.1) is 0 Å². The minimum absolute atomic E-state index is 0.0903. The lowest BCUT2D eigenvalue weighted by Crippen LogP contribution is -2.26. The molecule has 0 bridgehead atoms. The molecule has 1 atom stereocenters. The average molecular weight is 402 g/mol. The number of nitrogens with two attached hydrogens (primary N) is 1. The monoisotopic (exact) mass is 400 g/mol. The Morgan fingerprint density at radius 2 is 1.88 bits per heavy atom. The highest BCUT2D eigenvalue weighted by molar-refractivity contribution is 6.35. The Morgan fingerprint density at radius 1 is 1.16 bits per heavy atom. The summed E-state index contributed by atoms with van der Waals surface area (Å²) >= 11 is 17.7. The van der Waals surface area contributed by atoms with Crippen molar-refractivity contribution in [3.63, 3.8) is 0 Å². The van der Waals surface area contributed by atoms with Crippen LogP contribution >= 0.6 is 34.8 Å². The first-order valence-corrected chi connectivity index (χ1v) is 8.38. The van der Waals surface area contributed by atoms with Crippen molar-refractivity contribution in [2.24, 2.45) is 10.9 Å². The van der Waals surface area contributed by atoms with Gasteiger partial charge in [0.2, 0.25) is 0 Å². The van der Waals surface area contributed by atoms with Crippen molar-refractivity contribution in [2.45, 2.75) is 19.4 Å². The van der Waals surface area contributed by atoms with E-state index in [4.69, 9.17) is 50.1 Å². The predicted octanol–water partition coefficient (Wildman–Crippen LogP) is 4.47. The Hall–Kier alpha value is -1.95. The minimum atomic E-state index is -0.880. The van der Waals surface area contributed by atoms with E-state index in [2.05, 4.69) is 5.16 Å². The SMILES string of the molecule is C[C@@H](Oc1cccc(Cl)c1)C(=O)O/N=C(/N)Cc1ccc(Cl)cc1Cl. The van der Waals surface area contributed by atoms with Crippen molar-refractivity contribution >= 4 is 46.6 Å². The lowest BCUT2D eigenvalue weighted by molar-refractivity contribution is -0.151. The third-order valence-corrected chi connectivity index (χ3v) is 3.90. The number of hydrogen-bond donors (Lipinski definition) is 1. The molecule has 2 rings (SSSR count). The van der Waals surface area contributed by atoms with Gasteiger partial charge >= 0.3 is 5.97 Å². The Labute approximate surface area is 160 Å². The Kier molecular flexibility index (Phi) is 6.93. The number of carbonyl (C=O) groups excluding carboxylic acids is 1. The number of amidine groups is 1. The zero-order chi connectivity index (χ0) is 18.4. The van der Waals surface area contributed by atoms with Gasteiger partial charge in [0.1, 0.15) is 11.6 Å². The molecule has 132 valence electrons. The number of oxime groups is 1. The average Bonchev–Trinajstić information content (AvgIpc) is 2.55. The first-order chi connectivity index (χ1) is 11.8.